The van der Waals surface area contributed by atoms with Gasteiger partial charge in [0.25, 0.3) is 0 Å². The normalized spacial score (nSPS) is 12.9. The van der Waals surface area contributed by atoms with E-state index in [9.17, 15) is 13.2 Å². The second-order valence-corrected chi connectivity index (χ2v) is 6.09. The van der Waals surface area contributed by atoms with Crippen LogP contribution in [0.25, 0.3) is 0 Å². The zero-order valence-corrected chi connectivity index (χ0v) is 12.2. The number of hydrogen-bond acceptors (Lipinski definition) is 4. The summed E-state index contributed by atoms with van der Waals surface area (Å²) in [4.78, 5) is 11.8. The van der Waals surface area contributed by atoms with Gasteiger partial charge in [0.15, 0.2) is 0 Å². The van der Waals surface area contributed by atoms with Crippen molar-refractivity contribution in [1.82, 2.24) is 10.0 Å². The monoisotopic (exact) mass is 300 g/mol. The van der Waals surface area contributed by atoms with Crippen LogP contribution in [0.5, 0.6) is 0 Å². The van der Waals surface area contributed by atoms with E-state index < -0.39 is 15.9 Å². The number of benzene rings is 1. The molecule has 20 heavy (non-hydrogen) atoms. The third-order valence-corrected chi connectivity index (χ3v) is 4.23. The Morgan fingerprint density at radius 3 is 2.50 bits per heavy atom. The summed E-state index contributed by atoms with van der Waals surface area (Å²) in [6.07, 6.45) is 1.13. The van der Waals surface area contributed by atoms with Crippen LogP contribution in [0.2, 0.25) is 0 Å². The Labute approximate surface area is 119 Å². The molecule has 112 valence electrons. The van der Waals surface area contributed by atoms with Gasteiger partial charge in [-0.05, 0) is 25.0 Å². The molecule has 0 aliphatic rings. The SMILES string of the molecule is CCC(CCO)NC(=O)CNS(=O)(=O)c1ccccc1. The molecule has 0 heterocycles. The number of aliphatic hydroxyl groups is 1. The molecule has 1 rings (SSSR count). The van der Waals surface area contributed by atoms with Gasteiger partial charge in [0, 0.05) is 12.6 Å². The maximum atomic E-state index is 11.9. The second kappa shape index (κ2) is 7.98. The molecule has 0 bridgehead atoms. The van der Waals surface area contributed by atoms with E-state index in [1.807, 2.05) is 6.92 Å². The number of nitrogens with one attached hydrogen (secondary N) is 2. The topological polar surface area (TPSA) is 95.5 Å². The molecule has 0 saturated carbocycles. The zero-order valence-electron chi connectivity index (χ0n) is 11.4. The number of rotatable bonds is 8. The van der Waals surface area contributed by atoms with E-state index in [0.29, 0.717) is 12.8 Å². The first kappa shape index (κ1) is 16.6. The molecule has 6 nitrogen and oxygen atoms in total. The van der Waals surface area contributed by atoms with E-state index in [1.54, 1.807) is 18.2 Å². The van der Waals surface area contributed by atoms with Crippen molar-refractivity contribution in [2.45, 2.75) is 30.7 Å². The van der Waals surface area contributed by atoms with Crippen LogP contribution in [0.15, 0.2) is 35.2 Å². The number of amides is 1. The molecule has 1 aromatic rings. The highest BCUT2D eigenvalue weighted by molar-refractivity contribution is 7.89. The minimum atomic E-state index is -3.67. The fourth-order valence-electron chi connectivity index (χ4n) is 1.66. The molecule has 1 atom stereocenters. The van der Waals surface area contributed by atoms with Crippen LogP contribution in [-0.2, 0) is 14.8 Å². The lowest BCUT2D eigenvalue weighted by atomic mass is 10.1. The van der Waals surface area contributed by atoms with Gasteiger partial charge in [-0.2, -0.15) is 0 Å². The average molecular weight is 300 g/mol. The maximum absolute atomic E-state index is 11.9. The van der Waals surface area contributed by atoms with Crippen molar-refractivity contribution < 1.29 is 18.3 Å². The standard InChI is InChI=1S/C13H20N2O4S/c1-2-11(8-9-16)15-13(17)10-14-20(18,19)12-6-4-3-5-7-12/h3-7,11,14,16H,2,8-10H2,1H3,(H,15,17). The summed E-state index contributed by atoms with van der Waals surface area (Å²) in [5.41, 5.74) is 0. The van der Waals surface area contributed by atoms with Crippen LogP contribution in [-0.4, -0.2) is 38.6 Å². The van der Waals surface area contributed by atoms with E-state index >= 15 is 0 Å². The third-order valence-electron chi connectivity index (χ3n) is 2.81. The lowest BCUT2D eigenvalue weighted by Crippen LogP contribution is -2.42. The Bertz CT molecular complexity index is 516. The summed E-state index contributed by atoms with van der Waals surface area (Å²) in [7, 11) is -3.67. The molecular formula is C13H20N2O4S. The van der Waals surface area contributed by atoms with Gasteiger partial charge in [0.05, 0.1) is 11.4 Å². The lowest BCUT2D eigenvalue weighted by Gasteiger charge is -2.15. The Hall–Kier alpha value is -1.44. The maximum Gasteiger partial charge on any atom is 0.241 e. The van der Waals surface area contributed by atoms with E-state index in [2.05, 4.69) is 10.0 Å². The third kappa shape index (κ3) is 5.28. The predicted octanol–water partition coefficient (Wildman–Crippen LogP) is 0.242. The van der Waals surface area contributed by atoms with Crippen LogP contribution >= 0.6 is 0 Å². The van der Waals surface area contributed by atoms with E-state index in [4.69, 9.17) is 5.11 Å². The van der Waals surface area contributed by atoms with E-state index in [-0.39, 0.29) is 24.1 Å². The van der Waals surface area contributed by atoms with Crippen molar-refractivity contribution in [3.8, 4) is 0 Å². The van der Waals surface area contributed by atoms with Crippen LogP contribution < -0.4 is 10.0 Å². The molecule has 1 amide bonds. The number of sulfonamides is 1. The summed E-state index contributed by atoms with van der Waals surface area (Å²) in [5.74, 6) is -0.412. The molecule has 0 spiro atoms. The highest BCUT2D eigenvalue weighted by Gasteiger charge is 2.16. The van der Waals surface area contributed by atoms with Gasteiger partial charge in [-0.3, -0.25) is 4.79 Å². The Morgan fingerprint density at radius 1 is 1.30 bits per heavy atom. The molecule has 1 aromatic carbocycles. The number of carbonyl (C=O) groups excluding carboxylic acids is 1. The van der Waals surface area contributed by atoms with Crippen molar-refractivity contribution in [3.63, 3.8) is 0 Å². The van der Waals surface area contributed by atoms with Crippen molar-refractivity contribution in [2.75, 3.05) is 13.2 Å². The average Bonchev–Trinajstić information content (AvgIpc) is 2.46. The summed E-state index contributed by atoms with van der Waals surface area (Å²) in [6.45, 7) is 1.54. The van der Waals surface area contributed by atoms with Gasteiger partial charge in [0.1, 0.15) is 0 Å². The lowest BCUT2D eigenvalue weighted by molar-refractivity contribution is -0.120. The number of aliphatic hydroxyl groups excluding tert-OH is 1. The van der Waals surface area contributed by atoms with Crippen molar-refractivity contribution >= 4 is 15.9 Å². The number of carbonyl (C=O) groups is 1. The minimum Gasteiger partial charge on any atom is -0.396 e. The van der Waals surface area contributed by atoms with Gasteiger partial charge in [-0.1, -0.05) is 25.1 Å². The van der Waals surface area contributed by atoms with Crippen molar-refractivity contribution in [2.24, 2.45) is 0 Å². The minimum absolute atomic E-state index is 0.0193. The highest BCUT2D eigenvalue weighted by atomic mass is 32.2. The summed E-state index contributed by atoms with van der Waals surface area (Å²) < 4.78 is 26.0. The largest absolute Gasteiger partial charge is 0.396 e. The number of hydrogen-bond donors (Lipinski definition) is 3. The fraction of sp³-hybridized carbons (Fsp3) is 0.462. The van der Waals surface area contributed by atoms with Gasteiger partial charge in [-0.25, -0.2) is 13.1 Å². The molecule has 0 fully saturated rings. The van der Waals surface area contributed by atoms with E-state index in [1.165, 1.54) is 12.1 Å². The van der Waals surface area contributed by atoms with Crippen LogP contribution in [0.3, 0.4) is 0 Å². The molecule has 3 N–H and O–H groups in total. The molecule has 0 aromatic heterocycles. The Kier molecular flexibility index (Phi) is 6.63. The Morgan fingerprint density at radius 2 is 1.95 bits per heavy atom. The van der Waals surface area contributed by atoms with Crippen LogP contribution in [0.4, 0.5) is 0 Å². The van der Waals surface area contributed by atoms with Crippen LogP contribution in [0.1, 0.15) is 19.8 Å². The van der Waals surface area contributed by atoms with Crippen molar-refractivity contribution in [3.05, 3.63) is 30.3 Å². The summed E-state index contributed by atoms with van der Waals surface area (Å²) in [5, 5.41) is 11.5. The van der Waals surface area contributed by atoms with Gasteiger partial charge in [-0.15, -0.1) is 0 Å². The molecule has 0 radical (unpaired) electrons. The first-order chi connectivity index (χ1) is 9.49. The zero-order chi connectivity index (χ0) is 15.0. The summed E-state index contributed by atoms with van der Waals surface area (Å²) >= 11 is 0. The van der Waals surface area contributed by atoms with Gasteiger partial charge in [0.2, 0.25) is 15.9 Å². The Balaban J connectivity index is 2.52. The van der Waals surface area contributed by atoms with Gasteiger partial charge >= 0.3 is 0 Å². The van der Waals surface area contributed by atoms with E-state index in [0.717, 1.165) is 0 Å². The fourth-order valence-corrected chi connectivity index (χ4v) is 2.66. The predicted molar refractivity (Wildman–Crippen MR) is 75.6 cm³/mol. The molecule has 7 heteroatoms. The molecule has 0 aliphatic heterocycles. The first-order valence-corrected chi connectivity index (χ1v) is 7.93. The smallest absolute Gasteiger partial charge is 0.241 e. The molecular weight excluding hydrogens is 280 g/mol. The molecule has 1 unspecified atom stereocenters. The van der Waals surface area contributed by atoms with Gasteiger partial charge < -0.3 is 10.4 Å². The molecule has 0 aliphatic carbocycles. The van der Waals surface area contributed by atoms with Crippen LogP contribution in [0, 0.1) is 0 Å². The highest BCUT2D eigenvalue weighted by Crippen LogP contribution is 2.06. The second-order valence-electron chi connectivity index (χ2n) is 4.32. The molecule has 0 saturated heterocycles. The van der Waals surface area contributed by atoms with Crippen molar-refractivity contribution in [1.29, 1.82) is 0 Å². The first-order valence-electron chi connectivity index (χ1n) is 6.44. The quantitative estimate of drug-likeness (QED) is 0.641. The summed E-state index contributed by atoms with van der Waals surface area (Å²) in [6, 6.07) is 7.72.